The fraction of sp³-hybridized carbons (Fsp3) is 0.440. The number of aliphatic hydroxyl groups is 1. The van der Waals surface area contributed by atoms with E-state index in [9.17, 15) is 14.3 Å². The van der Waals surface area contributed by atoms with Gasteiger partial charge in [0.15, 0.2) is 18.2 Å². The molecular formula is C25H29FN6O4. The molecule has 0 bridgehead atoms. The van der Waals surface area contributed by atoms with Gasteiger partial charge < -0.3 is 30.1 Å². The van der Waals surface area contributed by atoms with Crippen LogP contribution in [0.1, 0.15) is 24.6 Å². The molecule has 3 aromatic rings. The minimum atomic E-state index is -0.996. The highest BCUT2D eigenvalue weighted by molar-refractivity contribution is 5.94. The maximum absolute atomic E-state index is 14.7. The number of fused-ring (bicyclic) bond motifs is 2. The van der Waals surface area contributed by atoms with Crippen LogP contribution in [0.4, 0.5) is 10.2 Å². The number of halogens is 1. The number of ether oxygens (including phenoxy) is 2. The molecule has 2 atom stereocenters. The predicted molar refractivity (Wildman–Crippen MR) is 130 cm³/mol. The molecule has 1 fully saturated rings. The van der Waals surface area contributed by atoms with Crippen molar-refractivity contribution in [3.05, 3.63) is 47.5 Å². The number of nitrogens with one attached hydrogen (secondary N) is 2. The Labute approximate surface area is 207 Å². The van der Waals surface area contributed by atoms with Crippen LogP contribution in [-0.2, 0) is 17.8 Å². The number of carbonyl (C=O) groups is 1. The van der Waals surface area contributed by atoms with Crippen molar-refractivity contribution in [1.82, 2.24) is 25.2 Å². The van der Waals surface area contributed by atoms with Gasteiger partial charge in [-0.3, -0.25) is 9.78 Å². The molecule has 0 radical (unpaired) electrons. The molecule has 2 aliphatic rings. The lowest BCUT2D eigenvalue weighted by Gasteiger charge is -2.43. The van der Waals surface area contributed by atoms with Crippen LogP contribution in [0, 0.1) is 5.82 Å². The smallest absolute Gasteiger partial charge is 0.263 e. The molecule has 2 unspecified atom stereocenters. The molecule has 3 aromatic heterocycles. The Morgan fingerprint density at radius 1 is 1.33 bits per heavy atom. The molecule has 5 heterocycles. The first kappa shape index (κ1) is 24.3. The van der Waals surface area contributed by atoms with Crippen LogP contribution in [0.5, 0.6) is 11.6 Å². The number of amides is 1. The second kappa shape index (κ2) is 9.92. The van der Waals surface area contributed by atoms with E-state index in [1.807, 2.05) is 6.07 Å². The Hall–Kier alpha value is -3.41. The van der Waals surface area contributed by atoms with E-state index in [0.29, 0.717) is 66.5 Å². The van der Waals surface area contributed by atoms with E-state index in [-0.39, 0.29) is 18.6 Å². The van der Waals surface area contributed by atoms with Crippen LogP contribution < -0.4 is 20.1 Å². The largest absolute Gasteiger partial charge is 0.481 e. The number of hydrogen-bond donors (Lipinski definition) is 3. The topological polar surface area (TPSA) is 122 Å². The monoisotopic (exact) mass is 496 g/mol. The molecule has 3 N–H and O–H groups in total. The number of carbonyl (C=O) groups excluding carboxylic acids is 1. The Kier molecular flexibility index (Phi) is 6.69. The van der Waals surface area contributed by atoms with Crippen LogP contribution in [0.25, 0.3) is 11.0 Å². The molecule has 0 aromatic carbocycles. The number of anilines is 1. The van der Waals surface area contributed by atoms with Gasteiger partial charge in [-0.15, -0.1) is 0 Å². The maximum Gasteiger partial charge on any atom is 0.263 e. The molecular weight excluding hydrogens is 467 g/mol. The third kappa shape index (κ3) is 5.08. The van der Waals surface area contributed by atoms with Crippen molar-refractivity contribution in [2.45, 2.75) is 38.0 Å². The van der Waals surface area contributed by atoms with Crippen molar-refractivity contribution in [3.8, 4) is 11.6 Å². The number of nitrogens with zero attached hydrogens (tertiary/aromatic N) is 4. The van der Waals surface area contributed by atoms with Gasteiger partial charge in [-0.05, 0) is 44.5 Å². The van der Waals surface area contributed by atoms with Gasteiger partial charge in [0.2, 0.25) is 5.88 Å². The van der Waals surface area contributed by atoms with Crippen molar-refractivity contribution < 1.29 is 23.8 Å². The quantitative estimate of drug-likeness (QED) is 0.448. The van der Waals surface area contributed by atoms with Gasteiger partial charge in [0.1, 0.15) is 5.82 Å². The van der Waals surface area contributed by atoms with Gasteiger partial charge in [0, 0.05) is 37.3 Å². The first-order chi connectivity index (χ1) is 17.3. The zero-order valence-electron chi connectivity index (χ0n) is 20.3. The summed E-state index contributed by atoms with van der Waals surface area (Å²) >= 11 is 0. The van der Waals surface area contributed by atoms with E-state index in [1.54, 1.807) is 25.1 Å². The van der Waals surface area contributed by atoms with Gasteiger partial charge >= 0.3 is 0 Å². The number of rotatable bonds is 7. The van der Waals surface area contributed by atoms with Crippen molar-refractivity contribution in [2.24, 2.45) is 0 Å². The Bertz CT molecular complexity index is 1290. The second-order valence-corrected chi connectivity index (χ2v) is 9.40. The number of piperidine rings is 1. The number of aromatic nitrogens is 3. The first-order valence-electron chi connectivity index (χ1n) is 11.9. The SMILES string of the molecule is COc1ccc2ncc(F)c(CCN3CCC(NCc4ccc5c(n4)NC(=O)CO5)C(C)(O)C3)c2n1. The lowest BCUT2D eigenvalue weighted by molar-refractivity contribution is -0.118. The standard InChI is InChI=1S/C25H29FN6O4/c1-25(34)14-32(9-7-16-17(26)12-27-18-4-6-22(35-2)31-23(16)18)10-8-20(25)28-11-15-3-5-19-24(29-15)30-21(33)13-36-19/h3-6,12,20,28,34H,7-11,13-14H2,1-2H3,(H,29,30,33). The zero-order valence-corrected chi connectivity index (χ0v) is 20.3. The highest BCUT2D eigenvalue weighted by Gasteiger charge is 2.37. The molecule has 36 heavy (non-hydrogen) atoms. The third-order valence-electron chi connectivity index (χ3n) is 6.72. The fourth-order valence-electron chi connectivity index (χ4n) is 4.81. The summed E-state index contributed by atoms with van der Waals surface area (Å²) in [6, 6.07) is 6.94. The normalized spacial score (nSPS) is 22.1. The van der Waals surface area contributed by atoms with E-state index >= 15 is 0 Å². The summed E-state index contributed by atoms with van der Waals surface area (Å²) < 4.78 is 25.2. The zero-order chi connectivity index (χ0) is 25.3. The van der Waals surface area contributed by atoms with Crippen molar-refractivity contribution in [1.29, 1.82) is 0 Å². The lowest BCUT2D eigenvalue weighted by atomic mass is 9.88. The number of methoxy groups -OCH3 is 1. The highest BCUT2D eigenvalue weighted by Crippen LogP contribution is 2.27. The molecule has 0 saturated carbocycles. The molecule has 0 aliphatic carbocycles. The lowest BCUT2D eigenvalue weighted by Crippen LogP contribution is -2.60. The number of β-amino-alcohol motifs (C(OH)–C–C–N with tert-alkyl or cyclic N) is 1. The summed E-state index contributed by atoms with van der Waals surface area (Å²) in [6.45, 7) is 3.99. The van der Waals surface area contributed by atoms with Gasteiger partial charge in [0.25, 0.3) is 5.91 Å². The van der Waals surface area contributed by atoms with Crippen LogP contribution in [0.3, 0.4) is 0 Å². The average Bonchev–Trinajstić information content (AvgIpc) is 2.86. The van der Waals surface area contributed by atoms with E-state index in [0.717, 1.165) is 12.2 Å². The van der Waals surface area contributed by atoms with Crippen LogP contribution in [-0.4, -0.2) is 75.9 Å². The summed E-state index contributed by atoms with van der Waals surface area (Å²) in [5.74, 6) is 0.741. The molecule has 10 nitrogen and oxygen atoms in total. The molecule has 190 valence electrons. The Morgan fingerprint density at radius 3 is 3.00 bits per heavy atom. The minimum Gasteiger partial charge on any atom is -0.481 e. The number of likely N-dealkylation sites (tertiary alicyclic amines) is 1. The molecule has 2 aliphatic heterocycles. The average molecular weight is 497 g/mol. The summed E-state index contributed by atoms with van der Waals surface area (Å²) in [4.78, 5) is 26.7. The van der Waals surface area contributed by atoms with E-state index < -0.39 is 11.4 Å². The van der Waals surface area contributed by atoms with Crippen LogP contribution >= 0.6 is 0 Å². The molecule has 0 spiro atoms. The van der Waals surface area contributed by atoms with Gasteiger partial charge in [0.05, 0.1) is 35.6 Å². The molecule has 5 rings (SSSR count). The highest BCUT2D eigenvalue weighted by atomic mass is 19.1. The first-order valence-corrected chi connectivity index (χ1v) is 11.9. The van der Waals surface area contributed by atoms with Crippen molar-refractivity contribution >= 4 is 22.8 Å². The van der Waals surface area contributed by atoms with E-state index in [4.69, 9.17) is 9.47 Å². The van der Waals surface area contributed by atoms with Crippen LogP contribution in [0.15, 0.2) is 30.5 Å². The van der Waals surface area contributed by atoms with Crippen LogP contribution in [0.2, 0.25) is 0 Å². The predicted octanol–water partition coefficient (Wildman–Crippen LogP) is 1.66. The molecule has 1 amide bonds. The summed E-state index contributed by atoms with van der Waals surface area (Å²) in [5.41, 5.74) is 1.35. The second-order valence-electron chi connectivity index (χ2n) is 9.40. The van der Waals surface area contributed by atoms with Crippen molar-refractivity contribution in [3.63, 3.8) is 0 Å². The van der Waals surface area contributed by atoms with E-state index in [1.165, 1.54) is 13.3 Å². The van der Waals surface area contributed by atoms with E-state index in [2.05, 4.69) is 30.5 Å². The summed E-state index contributed by atoms with van der Waals surface area (Å²) in [7, 11) is 1.52. The summed E-state index contributed by atoms with van der Waals surface area (Å²) in [6.07, 6.45) is 2.37. The Morgan fingerprint density at radius 2 is 2.19 bits per heavy atom. The minimum absolute atomic E-state index is 0.0115. The number of hydrogen-bond acceptors (Lipinski definition) is 9. The fourth-order valence-corrected chi connectivity index (χ4v) is 4.81. The molecule has 11 heteroatoms. The number of pyridine rings is 3. The summed E-state index contributed by atoms with van der Waals surface area (Å²) in [5, 5.41) is 17.3. The third-order valence-corrected chi connectivity index (χ3v) is 6.72. The van der Waals surface area contributed by atoms with Gasteiger partial charge in [-0.2, -0.15) is 0 Å². The van der Waals surface area contributed by atoms with Gasteiger partial charge in [-0.25, -0.2) is 14.4 Å². The van der Waals surface area contributed by atoms with Gasteiger partial charge in [-0.1, -0.05) is 0 Å². The molecule has 1 saturated heterocycles. The Balaban J connectivity index is 1.20. The maximum atomic E-state index is 14.7. The van der Waals surface area contributed by atoms with Crippen molar-refractivity contribution in [2.75, 3.05) is 38.7 Å².